The second-order valence-electron chi connectivity index (χ2n) is 7.15. The summed E-state index contributed by atoms with van der Waals surface area (Å²) in [5.74, 6) is -2.10. The number of nitrogens with one attached hydrogen (secondary N) is 4. The van der Waals surface area contributed by atoms with Crippen LogP contribution in [0.1, 0.15) is 25.7 Å². The molecule has 0 radical (unpaired) electrons. The van der Waals surface area contributed by atoms with Crippen LogP contribution in [0.4, 0.5) is 8.78 Å². The Morgan fingerprint density at radius 2 is 2.00 bits per heavy atom. The van der Waals surface area contributed by atoms with E-state index in [1.54, 1.807) is 0 Å². The lowest BCUT2D eigenvalue weighted by Crippen LogP contribution is -2.63. The van der Waals surface area contributed by atoms with Crippen molar-refractivity contribution in [2.75, 3.05) is 26.9 Å². The smallest absolute Gasteiger partial charge is 0.310 e. The van der Waals surface area contributed by atoms with Crippen molar-refractivity contribution in [3.05, 3.63) is 0 Å². The average Bonchev–Trinajstić information content (AvgIpc) is 3.17. The van der Waals surface area contributed by atoms with E-state index < -0.39 is 42.2 Å². The number of amides is 1. The molecule has 148 valence electrons. The molecule has 0 bridgehead atoms. The first-order chi connectivity index (χ1) is 12.5. The van der Waals surface area contributed by atoms with Gasteiger partial charge in [0.1, 0.15) is 18.4 Å². The average molecular weight is 375 g/mol. The molecule has 8 nitrogen and oxygen atoms in total. The number of hydrogen-bond donors (Lipinski definition) is 4. The SMILES string of the molecule is COC(=O)C1CC(F)CC(F)C1NC(=O)C1CCC(N2CCNC2)NN1. The van der Waals surface area contributed by atoms with Gasteiger partial charge in [-0.15, -0.1) is 0 Å². The zero-order valence-corrected chi connectivity index (χ0v) is 14.8. The van der Waals surface area contributed by atoms with Crippen LogP contribution in [0.25, 0.3) is 0 Å². The number of rotatable bonds is 4. The summed E-state index contributed by atoms with van der Waals surface area (Å²) in [5, 5.41) is 5.85. The lowest BCUT2D eigenvalue weighted by Gasteiger charge is -2.38. The summed E-state index contributed by atoms with van der Waals surface area (Å²) in [6, 6.07) is -1.60. The lowest BCUT2D eigenvalue weighted by molar-refractivity contribution is -0.150. The molecule has 0 aromatic carbocycles. The maximum absolute atomic E-state index is 14.3. The predicted octanol–water partition coefficient (Wildman–Crippen LogP) is -0.824. The number of halogens is 2. The van der Waals surface area contributed by atoms with Crippen LogP contribution >= 0.6 is 0 Å². The van der Waals surface area contributed by atoms with Crippen molar-refractivity contribution in [2.24, 2.45) is 5.92 Å². The third kappa shape index (κ3) is 4.30. The zero-order chi connectivity index (χ0) is 18.7. The molecule has 0 spiro atoms. The molecule has 0 aromatic heterocycles. The second-order valence-corrected chi connectivity index (χ2v) is 7.15. The molecule has 1 saturated carbocycles. The zero-order valence-electron chi connectivity index (χ0n) is 14.8. The Morgan fingerprint density at radius 3 is 2.62 bits per heavy atom. The molecule has 3 rings (SSSR count). The van der Waals surface area contributed by atoms with Crippen LogP contribution in [0.5, 0.6) is 0 Å². The third-order valence-electron chi connectivity index (χ3n) is 5.43. The maximum Gasteiger partial charge on any atom is 0.310 e. The summed E-state index contributed by atoms with van der Waals surface area (Å²) in [6.45, 7) is 2.67. The standard InChI is InChI=1S/C16H27F2N5O3/c1-26-16(25)10-6-9(17)7-11(18)14(10)20-15(24)12-2-3-13(22-21-12)23-5-4-19-8-23/h9-14,19,21-22H,2-8H2,1H3,(H,20,24). The highest BCUT2D eigenvalue weighted by Gasteiger charge is 2.44. The number of ether oxygens (including phenoxy) is 1. The Morgan fingerprint density at radius 1 is 1.19 bits per heavy atom. The number of carbonyl (C=O) groups excluding carboxylic acids is 2. The molecule has 6 atom stereocenters. The van der Waals surface area contributed by atoms with E-state index in [4.69, 9.17) is 0 Å². The van der Waals surface area contributed by atoms with Crippen molar-refractivity contribution in [2.45, 2.75) is 56.3 Å². The van der Waals surface area contributed by atoms with Crippen LogP contribution in [0, 0.1) is 5.92 Å². The molecule has 6 unspecified atom stereocenters. The molecule has 0 aromatic rings. The molecule has 3 fully saturated rings. The molecule has 10 heteroatoms. The van der Waals surface area contributed by atoms with Gasteiger partial charge in [0.2, 0.25) is 5.91 Å². The molecule has 2 saturated heterocycles. The van der Waals surface area contributed by atoms with Crippen molar-refractivity contribution >= 4 is 11.9 Å². The van der Waals surface area contributed by atoms with E-state index in [0.717, 1.165) is 26.2 Å². The molecule has 1 amide bonds. The summed E-state index contributed by atoms with van der Waals surface area (Å²) in [7, 11) is 1.18. The van der Waals surface area contributed by atoms with Gasteiger partial charge in [-0.2, -0.15) is 0 Å². The van der Waals surface area contributed by atoms with Crippen molar-refractivity contribution in [1.82, 2.24) is 26.4 Å². The van der Waals surface area contributed by atoms with Gasteiger partial charge >= 0.3 is 5.97 Å². The number of nitrogens with zero attached hydrogens (tertiary/aromatic N) is 1. The minimum atomic E-state index is -1.62. The van der Waals surface area contributed by atoms with E-state index in [2.05, 4.69) is 31.1 Å². The quantitative estimate of drug-likeness (QED) is 0.477. The highest BCUT2D eigenvalue weighted by atomic mass is 19.1. The van der Waals surface area contributed by atoms with Crippen LogP contribution in [0.3, 0.4) is 0 Å². The molecule has 3 aliphatic rings. The van der Waals surface area contributed by atoms with Crippen molar-refractivity contribution in [3.8, 4) is 0 Å². The molecular weight excluding hydrogens is 348 g/mol. The number of esters is 1. The van der Waals surface area contributed by atoms with Gasteiger partial charge < -0.3 is 15.4 Å². The fourth-order valence-corrected chi connectivity index (χ4v) is 3.94. The third-order valence-corrected chi connectivity index (χ3v) is 5.43. The predicted molar refractivity (Wildman–Crippen MR) is 89.1 cm³/mol. The summed E-state index contributed by atoms with van der Waals surface area (Å²) in [4.78, 5) is 26.6. The molecule has 1 aliphatic carbocycles. The number of carbonyl (C=O) groups is 2. The summed E-state index contributed by atoms with van der Waals surface area (Å²) >= 11 is 0. The minimum Gasteiger partial charge on any atom is -0.469 e. The highest BCUT2D eigenvalue weighted by Crippen LogP contribution is 2.30. The molecule has 4 N–H and O–H groups in total. The summed E-state index contributed by atoms with van der Waals surface area (Å²) in [6.07, 6.45) is -2.01. The first-order valence-corrected chi connectivity index (χ1v) is 9.11. The normalized spacial score (nSPS) is 38.7. The monoisotopic (exact) mass is 375 g/mol. The summed E-state index contributed by atoms with van der Waals surface area (Å²) < 4.78 is 32.6. The fraction of sp³-hybridized carbons (Fsp3) is 0.875. The van der Waals surface area contributed by atoms with Gasteiger partial charge in [-0.1, -0.05) is 0 Å². The van der Waals surface area contributed by atoms with E-state index in [9.17, 15) is 18.4 Å². The van der Waals surface area contributed by atoms with E-state index in [1.807, 2.05) is 0 Å². The highest BCUT2D eigenvalue weighted by molar-refractivity contribution is 5.83. The van der Waals surface area contributed by atoms with Crippen molar-refractivity contribution in [1.29, 1.82) is 0 Å². The number of hydrazine groups is 1. The van der Waals surface area contributed by atoms with Crippen LogP contribution in [0.15, 0.2) is 0 Å². The summed E-state index contributed by atoms with van der Waals surface area (Å²) in [5.41, 5.74) is 6.10. The Hall–Kier alpha value is -1.36. The largest absolute Gasteiger partial charge is 0.469 e. The first kappa shape index (κ1) is 19.4. The molecule has 26 heavy (non-hydrogen) atoms. The van der Waals surface area contributed by atoms with E-state index in [0.29, 0.717) is 6.42 Å². The van der Waals surface area contributed by atoms with E-state index >= 15 is 0 Å². The van der Waals surface area contributed by atoms with Crippen LogP contribution in [-0.2, 0) is 14.3 Å². The Kier molecular flexibility index (Phi) is 6.38. The van der Waals surface area contributed by atoms with Gasteiger partial charge in [0, 0.05) is 26.2 Å². The van der Waals surface area contributed by atoms with Gasteiger partial charge in [-0.05, 0) is 19.3 Å². The van der Waals surface area contributed by atoms with E-state index in [-0.39, 0.29) is 19.0 Å². The van der Waals surface area contributed by atoms with Crippen molar-refractivity contribution < 1.29 is 23.1 Å². The van der Waals surface area contributed by atoms with Gasteiger partial charge in [0.05, 0.1) is 25.2 Å². The maximum atomic E-state index is 14.3. The Balaban J connectivity index is 1.55. The molecule has 2 aliphatic heterocycles. The number of hydrogen-bond acceptors (Lipinski definition) is 7. The Bertz CT molecular complexity index is 512. The Labute approximate surface area is 151 Å². The number of alkyl halides is 2. The topological polar surface area (TPSA) is 94.7 Å². The van der Waals surface area contributed by atoms with Gasteiger partial charge in [0.25, 0.3) is 0 Å². The van der Waals surface area contributed by atoms with Crippen LogP contribution in [-0.4, -0.2) is 74.2 Å². The minimum absolute atomic E-state index is 0.132. The fourth-order valence-electron chi connectivity index (χ4n) is 3.94. The van der Waals surface area contributed by atoms with Gasteiger partial charge in [0.15, 0.2) is 0 Å². The molecule has 2 heterocycles. The van der Waals surface area contributed by atoms with Crippen LogP contribution < -0.4 is 21.5 Å². The van der Waals surface area contributed by atoms with Gasteiger partial charge in [-0.3, -0.25) is 14.5 Å². The van der Waals surface area contributed by atoms with Crippen LogP contribution in [0.2, 0.25) is 0 Å². The van der Waals surface area contributed by atoms with Gasteiger partial charge in [-0.25, -0.2) is 19.6 Å². The lowest BCUT2D eigenvalue weighted by atomic mass is 9.82. The second kappa shape index (κ2) is 8.55. The van der Waals surface area contributed by atoms with Crippen molar-refractivity contribution in [3.63, 3.8) is 0 Å². The van der Waals surface area contributed by atoms with E-state index in [1.165, 1.54) is 7.11 Å². The molecular formula is C16H27F2N5O3. The first-order valence-electron chi connectivity index (χ1n) is 9.11. The number of methoxy groups -OCH3 is 1.